The molecule has 1 aromatic rings. The highest BCUT2D eigenvalue weighted by molar-refractivity contribution is 5.85. The van der Waals surface area contributed by atoms with Crippen molar-refractivity contribution in [2.24, 2.45) is 0 Å². The average Bonchev–Trinajstić information content (AvgIpc) is 2.47. The highest BCUT2D eigenvalue weighted by Gasteiger charge is 2.28. The van der Waals surface area contributed by atoms with Gasteiger partial charge in [0, 0.05) is 19.6 Å². The maximum absolute atomic E-state index is 12.4. The van der Waals surface area contributed by atoms with Gasteiger partial charge >= 0.3 is 0 Å². The van der Waals surface area contributed by atoms with Crippen LogP contribution in [0.4, 0.5) is 0 Å². The Morgan fingerprint density at radius 1 is 1.11 bits per heavy atom. The fourth-order valence-corrected chi connectivity index (χ4v) is 2.96. The van der Waals surface area contributed by atoms with E-state index in [1.807, 2.05) is 4.90 Å². The van der Waals surface area contributed by atoms with Crippen molar-refractivity contribution in [1.82, 2.24) is 10.2 Å². The molecule has 2 heterocycles. The standard InChI is InChI=1S/C15H20N2O.ClH/c18-15(17-8-4-1-5-9-17)14-10-12-6-2-3-7-13(12)11-16-14;/h2-3,6-7,14,16H,1,4-5,8-11H2;1H/t14-;/m0./s1. The number of benzene rings is 1. The summed E-state index contributed by atoms with van der Waals surface area (Å²) in [5.41, 5.74) is 2.66. The van der Waals surface area contributed by atoms with Gasteiger partial charge in [-0.1, -0.05) is 24.3 Å². The highest BCUT2D eigenvalue weighted by atomic mass is 35.5. The number of hydrogen-bond donors (Lipinski definition) is 1. The van der Waals surface area contributed by atoms with Crippen molar-refractivity contribution >= 4 is 18.3 Å². The second-order valence-corrected chi connectivity index (χ2v) is 5.29. The van der Waals surface area contributed by atoms with Crippen molar-refractivity contribution in [3.05, 3.63) is 35.4 Å². The van der Waals surface area contributed by atoms with Crippen molar-refractivity contribution in [3.63, 3.8) is 0 Å². The Kier molecular flexibility index (Phi) is 4.83. The Morgan fingerprint density at radius 3 is 2.53 bits per heavy atom. The third-order valence-corrected chi connectivity index (χ3v) is 4.05. The van der Waals surface area contributed by atoms with Gasteiger partial charge in [0.1, 0.15) is 0 Å². The Bertz CT molecular complexity index is 444. The maximum Gasteiger partial charge on any atom is 0.240 e. The van der Waals surface area contributed by atoms with E-state index >= 15 is 0 Å². The number of nitrogens with zero attached hydrogens (tertiary/aromatic N) is 1. The van der Waals surface area contributed by atoms with Gasteiger partial charge in [0.2, 0.25) is 5.91 Å². The van der Waals surface area contributed by atoms with Crippen LogP contribution in [0.25, 0.3) is 0 Å². The summed E-state index contributed by atoms with van der Waals surface area (Å²) in [5.74, 6) is 0.296. The molecule has 1 N–H and O–H groups in total. The van der Waals surface area contributed by atoms with Crippen LogP contribution < -0.4 is 5.32 Å². The number of carbonyl (C=O) groups excluding carboxylic acids is 1. The van der Waals surface area contributed by atoms with Gasteiger partial charge in [0.15, 0.2) is 0 Å². The Hall–Kier alpha value is -1.06. The summed E-state index contributed by atoms with van der Waals surface area (Å²) in [7, 11) is 0. The molecule has 1 atom stereocenters. The van der Waals surface area contributed by atoms with Crippen LogP contribution >= 0.6 is 12.4 Å². The van der Waals surface area contributed by atoms with Crippen molar-refractivity contribution in [2.45, 2.75) is 38.3 Å². The molecule has 0 unspecified atom stereocenters. The lowest BCUT2D eigenvalue weighted by molar-refractivity contribution is -0.134. The smallest absolute Gasteiger partial charge is 0.240 e. The number of amides is 1. The van der Waals surface area contributed by atoms with Crippen LogP contribution in [0, 0.1) is 0 Å². The van der Waals surface area contributed by atoms with Gasteiger partial charge in [-0.25, -0.2) is 0 Å². The average molecular weight is 281 g/mol. The molecule has 1 aromatic carbocycles. The summed E-state index contributed by atoms with van der Waals surface area (Å²) in [4.78, 5) is 14.5. The molecule has 104 valence electrons. The molecule has 3 rings (SSSR count). The maximum atomic E-state index is 12.4. The van der Waals surface area contributed by atoms with Gasteiger partial charge in [-0.15, -0.1) is 12.4 Å². The van der Waals surface area contributed by atoms with Crippen LogP contribution in [0.5, 0.6) is 0 Å². The monoisotopic (exact) mass is 280 g/mol. The van der Waals surface area contributed by atoms with Crippen molar-refractivity contribution in [1.29, 1.82) is 0 Å². The molecule has 1 saturated heterocycles. The van der Waals surface area contributed by atoms with E-state index in [9.17, 15) is 4.79 Å². The highest BCUT2D eigenvalue weighted by Crippen LogP contribution is 2.18. The molecular formula is C15H21ClN2O. The number of hydrogen-bond acceptors (Lipinski definition) is 2. The lowest BCUT2D eigenvalue weighted by Crippen LogP contribution is -2.50. The topological polar surface area (TPSA) is 32.3 Å². The van der Waals surface area contributed by atoms with Gasteiger partial charge in [-0.3, -0.25) is 4.79 Å². The van der Waals surface area contributed by atoms with E-state index in [-0.39, 0.29) is 18.4 Å². The number of carbonyl (C=O) groups is 1. The van der Waals surface area contributed by atoms with Crippen LogP contribution in [0.2, 0.25) is 0 Å². The molecule has 0 aliphatic carbocycles. The van der Waals surface area contributed by atoms with Crippen molar-refractivity contribution in [3.8, 4) is 0 Å². The number of rotatable bonds is 1. The minimum atomic E-state index is -0.0157. The van der Waals surface area contributed by atoms with Gasteiger partial charge in [-0.05, 0) is 36.8 Å². The van der Waals surface area contributed by atoms with E-state index in [1.54, 1.807) is 0 Å². The third-order valence-electron chi connectivity index (χ3n) is 4.05. The SMILES string of the molecule is Cl.O=C([C@@H]1Cc2ccccc2CN1)N1CCCCC1. The zero-order valence-electron chi connectivity index (χ0n) is 11.1. The molecule has 0 spiro atoms. The molecule has 1 fully saturated rings. The first-order valence-electron chi connectivity index (χ1n) is 6.93. The summed E-state index contributed by atoms with van der Waals surface area (Å²) < 4.78 is 0. The Labute approximate surface area is 120 Å². The number of nitrogens with one attached hydrogen (secondary N) is 1. The molecule has 2 aliphatic rings. The first-order valence-corrected chi connectivity index (χ1v) is 6.93. The molecule has 19 heavy (non-hydrogen) atoms. The van der Waals surface area contributed by atoms with E-state index in [2.05, 4.69) is 29.6 Å². The molecule has 4 heteroatoms. The second-order valence-electron chi connectivity index (χ2n) is 5.29. The molecule has 0 saturated carbocycles. The minimum absolute atomic E-state index is 0. The van der Waals surface area contributed by atoms with Gasteiger partial charge < -0.3 is 10.2 Å². The molecule has 0 aromatic heterocycles. The van der Waals surface area contributed by atoms with Crippen molar-refractivity contribution < 1.29 is 4.79 Å². The zero-order chi connectivity index (χ0) is 12.4. The quantitative estimate of drug-likeness (QED) is 0.855. The van der Waals surface area contributed by atoms with Crippen LogP contribution in [0.15, 0.2) is 24.3 Å². The van der Waals surface area contributed by atoms with E-state index in [0.717, 1.165) is 38.9 Å². The largest absolute Gasteiger partial charge is 0.341 e. The fraction of sp³-hybridized carbons (Fsp3) is 0.533. The molecular weight excluding hydrogens is 260 g/mol. The lowest BCUT2D eigenvalue weighted by atomic mass is 9.95. The normalized spacial score (nSPS) is 22.3. The summed E-state index contributed by atoms with van der Waals surface area (Å²) in [6.45, 7) is 2.71. The summed E-state index contributed by atoms with van der Waals surface area (Å²) >= 11 is 0. The zero-order valence-corrected chi connectivity index (χ0v) is 11.9. The molecule has 3 nitrogen and oxygen atoms in total. The number of piperidine rings is 1. The number of likely N-dealkylation sites (tertiary alicyclic amines) is 1. The van der Waals surface area contributed by atoms with Gasteiger partial charge in [0.05, 0.1) is 6.04 Å². The van der Waals surface area contributed by atoms with E-state index in [1.165, 1.54) is 17.5 Å². The van der Waals surface area contributed by atoms with Crippen molar-refractivity contribution in [2.75, 3.05) is 13.1 Å². The Balaban J connectivity index is 0.00000133. The third kappa shape index (κ3) is 3.10. The molecule has 2 aliphatic heterocycles. The first-order chi connectivity index (χ1) is 8.84. The molecule has 0 radical (unpaired) electrons. The van der Waals surface area contributed by atoms with E-state index in [4.69, 9.17) is 0 Å². The second kappa shape index (κ2) is 6.40. The van der Waals surface area contributed by atoms with Crippen LogP contribution in [0.3, 0.4) is 0 Å². The minimum Gasteiger partial charge on any atom is -0.341 e. The predicted molar refractivity (Wildman–Crippen MR) is 78.5 cm³/mol. The summed E-state index contributed by atoms with van der Waals surface area (Å²) in [5, 5.41) is 3.38. The molecule has 0 bridgehead atoms. The fourth-order valence-electron chi connectivity index (χ4n) is 2.96. The summed E-state index contributed by atoms with van der Waals surface area (Å²) in [6, 6.07) is 8.40. The number of halogens is 1. The molecule has 1 amide bonds. The van der Waals surface area contributed by atoms with Crippen LogP contribution in [-0.2, 0) is 17.8 Å². The predicted octanol–water partition coefficient (Wildman–Crippen LogP) is 2.14. The Morgan fingerprint density at radius 2 is 1.79 bits per heavy atom. The van der Waals surface area contributed by atoms with Crippen LogP contribution in [0.1, 0.15) is 30.4 Å². The lowest BCUT2D eigenvalue weighted by Gasteiger charge is -2.33. The van der Waals surface area contributed by atoms with Gasteiger partial charge in [0.25, 0.3) is 0 Å². The first kappa shape index (κ1) is 14.4. The van der Waals surface area contributed by atoms with E-state index < -0.39 is 0 Å². The summed E-state index contributed by atoms with van der Waals surface area (Å²) in [6.07, 6.45) is 4.43. The van der Waals surface area contributed by atoms with Crippen LogP contribution in [-0.4, -0.2) is 29.9 Å². The number of fused-ring (bicyclic) bond motifs is 1. The van der Waals surface area contributed by atoms with E-state index in [0.29, 0.717) is 5.91 Å². The van der Waals surface area contributed by atoms with Gasteiger partial charge in [-0.2, -0.15) is 0 Å².